The van der Waals surface area contributed by atoms with Crippen LogP contribution in [0.2, 0.25) is 0 Å². The molecule has 0 rings (SSSR count). The number of hydrogen-bond donors (Lipinski definition) is 0. The van der Waals surface area contributed by atoms with Crippen LogP contribution in [-0.2, 0) is 0 Å². The van der Waals surface area contributed by atoms with Crippen LogP contribution in [0, 0.1) is 11.3 Å². The zero-order valence-corrected chi connectivity index (χ0v) is 18.8. The molecule has 0 aliphatic heterocycles. The standard InChI is InChI=1S/C25H52/c1-6-7-8-9-10-11-12-13-14-15-16-17-18-19-20-21-22-24(2)23-25(3,4)5/h24H,6-23H2,1-5H3. The van der Waals surface area contributed by atoms with Crippen LogP contribution in [0.3, 0.4) is 0 Å². The SMILES string of the molecule is CCCCCCCCCCCCCCCCCCC(C)CC(C)(C)C. The first-order valence-electron chi connectivity index (χ1n) is 12.0. The largest absolute Gasteiger partial charge is 0.0654 e. The molecular formula is C25H52. The summed E-state index contributed by atoms with van der Waals surface area (Å²) in [5, 5.41) is 0. The molecule has 0 heteroatoms. The summed E-state index contributed by atoms with van der Waals surface area (Å²) in [6, 6.07) is 0. The van der Waals surface area contributed by atoms with Crippen molar-refractivity contribution in [3.63, 3.8) is 0 Å². The Balaban J connectivity index is 3.12. The van der Waals surface area contributed by atoms with Gasteiger partial charge in [-0.1, -0.05) is 144 Å². The third kappa shape index (κ3) is 22.0. The summed E-state index contributed by atoms with van der Waals surface area (Å²) in [5.74, 6) is 0.909. The molecule has 0 amide bonds. The maximum Gasteiger partial charge on any atom is -0.0380 e. The lowest BCUT2D eigenvalue weighted by molar-refractivity contribution is 0.291. The zero-order chi connectivity index (χ0) is 18.8. The Labute approximate surface area is 161 Å². The van der Waals surface area contributed by atoms with Gasteiger partial charge in [0.25, 0.3) is 0 Å². The second-order valence-electron chi connectivity index (χ2n) is 9.96. The molecule has 0 aromatic heterocycles. The van der Waals surface area contributed by atoms with E-state index in [0.717, 1.165) is 5.92 Å². The lowest BCUT2D eigenvalue weighted by Crippen LogP contribution is -2.10. The van der Waals surface area contributed by atoms with Crippen molar-refractivity contribution in [2.45, 2.75) is 150 Å². The van der Waals surface area contributed by atoms with Crippen LogP contribution in [-0.4, -0.2) is 0 Å². The first-order chi connectivity index (χ1) is 12.0. The van der Waals surface area contributed by atoms with E-state index in [4.69, 9.17) is 0 Å². The van der Waals surface area contributed by atoms with Gasteiger partial charge in [0.1, 0.15) is 0 Å². The van der Waals surface area contributed by atoms with Crippen molar-refractivity contribution in [2.24, 2.45) is 11.3 Å². The van der Waals surface area contributed by atoms with Crippen molar-refractivity contribution >= 4 is 0 Å². The highest BCUT2D eigenvalue weighted by Gasteiger charge is 2.14. The fourth-order valence-corrected chi connectivity index (χ4v) is 4.19. The summed E-state index contributed by atoms with van der Waals surface area (Å²) in [5.41, 5.74) is 0.508. The number of rotatable bonds is 18. The van der Waals surface area contributed by atoms with Crippen molar-refractivity contribution in [3.05, 3.63) is 0 Å². The predicted molar refractivity (Wildman–Crippen MR) is 117 cm³/mol. The molecule has 1 unspecified atom stereocenters. The van der Waals surface area contributed by atoms with Crippen LogP contribution < -0.4 is 0 Å². The second kappa shape index (κ2) is 17.4. The molecule has 0 spiro atoms. The molecule has 0 aromatic carbocycles. The molecular weight excluding hydrogens is 300 g/mol. The van der Waals surface area contributed by atoms with E-state index in [1.165, 1.54) is 116 Å². The third-order valence-electron chi connectivity index (χ3n) is 5.51. The van der Waals surface area contributed by atoms with Crippen molar-refractivity contribution in [3.8, 4) is 0 Å². The van der Waals surface area contributed by atoms with Gasteiger partial charge in [-0.25, -0.2) is 0 Å². The Morgan fingerprint density at radius 3 is 1.16 bits per heavy atom. The van der Waals surface area contributed by atoms with Crippen molar-refractivity contribution in [1.82, 2.24) is 0 Å². The smallest absolute Gasteiger partial charge is 0.0380 e. The molecule has 1 atom stereocenters. The summed E-state index contributed by atoms with van der Waals surface area (Å²) in [6.45, 7) is 11.9. The van der Waals surface area contributed by atoms with E-state index < -0.39 is 0 Å². The normalized spacial score (nSPS) is 13.3. The monoisotopic (exact) mass is 352 g/mol. The molecule has 152 valence electrons. The fourth-order valence-electron chi connectivity index (χ4n) is 4.19. The Kier molecular flexibility index (Phi) is 17.4. The van der Waals surface area contributed by atoms with E-state index >= 15 is 0 Å². The maximum atomic E-state index is 2.44. The molecule has 0 radical (unpaired) electrons. The van der Waals surface area contributed by atoms with Crippen LogP contribution in [0.1, 0.15) is 150 Å². The number of unbranched alkanes of at least 4 members (excludes halogenated alkanes) is 15. The van der Waals surface area contributed by atoms with E-state index in [9.17, 15) is 0 Å². The topological polar surface area (TPSA) is 0 Å². The van der Waals surface area contributed by atoms with E-state index in [-0.39, 0.29) is 0 Å². The Morgan fingerprint density at radius 2 is 0.840 bits per heavy atom. The van der Waals surface area contributed by atoms with Gasteiger partial charge in [0.15, 0.2) is 0 Å². The van der Waals surface area contributed by atoms with E-state index in [0.29, 0.717) is 5.41 Å². The minimum atomic E-state index is 0.508. The van der Waals surface area contributed by atoms with E-state index in [1.54, 1.807) is 0 Å². The maximum absolute atomic E-state index is 2.44. The van der Waals surface area contributed by atoms with Gasteiger partial charge in [0.05, 0.1) is 0 Å². The molecule has 25 heavy (non-hydrogen) atoms. The summed E-state index contributed by atoms with van der Waals surface area (Å²) >= 11 is 0. The first-order valence-corrected chi connectivity index (χ1v) is 12.0. The molecule has 0 nitrogen and oxygen atoms in total. The van der Waals surface area contributed by atoms with Gasteiger partial charge in [-0.3, -0.25) is 0 Å². The average Bonchev–Trinajstić information content (AvgIpc) is 2.53. The van der Waals surface area contributed by atoms with Crippen LogP contribution in [0.15, 0.2) is 0 Å². The highest BCUT2D eigenvalue weighted by atomic mass is 14.2. The van der Waals surface area contributed by atoms with Crippen molar-refractivity contribution in [2.75, 3.05) is 0 Å². The molecule has 0 N–H and O–H groups in total. The fraction of sp³-hybridized carbons (Fsp3) is 1.00. The van der Waals surface area contributed by atoms with Crippen LogP contribution >= 0.6 is 0 Å². The zero-order valence-electron chi connectivity index (χ0n) is 18.8. The molecule has 0 saturated heterocycles. The molecule has 0 aliphatic rings. The quantitative estimate of drug-likeness (QED) is 0.215. The van der Waals surface area contributed by atoms with Gasteiger partial charge in [-0.2, -0.15) is 0 Å². The second-order valence-corrected chi connectivity index (χ2v) is 9.96. The van der Waals surface area contributed by atoms with Gasteiger partial charge in [-0.15, -0.1) is 0 Å². The molecule has 0 fully saturated rings. The van der Waals surface area contributed by atoms with Crippen LogP contribution in [0.4, 0.5) is 0 Å². The number of hydrogen-bond acceptors (Lipinski definition) is 0. The average molecular weight is 353 g/mol. The van der Waals surface area contributed by atoms with E-state index in [1.807, 2.05) is 0 Å². The van der Waals surface area contributed by atoms with Crippen molar-refractivity contribution in [1.29, 1.82) is 0 Å². The third-order valence-corrected chi connectivity index (χ3v) is 5.51. The van der Waals surface area contributed by atoms with Gasteiger partial charge < -0.3 is 0 Å². The predicted octanol–water partition coefficient (Wildman–Crippen LogP) is 9.71. The minimum Gasteiger partial charge on any atom is -0.0654 e. The van der Waals surface area contributed by atoms with Crippen molar-refractivity contribution < 1.29 is 0 Å². The Bertz CT molecular complexity index is 247. The molecule has 0 aromatic rings. The van der Waals surface area contributed by atoms with Crippen LogP contribution in [0.25, 0.3) is 0 Å². The molecule has 0 heterocycles. The lowest BCUT2D eigenvalue weighted by atomic mass is 9.83. The highest BCUT2D eigenvalue weighted by molar-refractivity contribution is 4.66. The summed E-state index contributed by atoms with van der Waals surface area (Å²) < 4.78 is 0. The lowest BCUT2D eigenvalue weighted by Gasteiger charge is -2.23. The Hall–Kier alpha value is 0. The molecule has 0 bridgehead atoms. The first kappa shape index (κ1) is 25.0. The highest BCUT2D eigenvalue weighted by Crippen LogP contribution is 2.27. The molecule has 0 aliphatic carbocycles. The van der Waals surface area contributed by atoms with Crippen LogP contribution in [0.5, 0.6) is 0 Å². The van der Waals surface area contributed by atoms with Gasteiger partial charge in [0.2, 0.25) is 0 Å². The summed E-state index contributed by atoms with van der Waals surface area (Å²) in [4.78, 5) is 0. The minimum absolute atomic E-state index is 0.508. The summed E-state index contributed by atoms with van der Waals surface area (Å²) in [7, 11) is 0. The van der Waals surface area contributed by atoms with E-state index in [2.05, 4.69) is 34.6 Å². The van der Waals surface area contributed by atoms with Gasteiger partial charge in [-0.05, 0) is 17.8 Å². The Morgan fingerprint density at radius 1 is 0.520 bits per heavy atom. The summed E-state index contributed by atoms with van der Waals surface area (Å²) in [6.07, 6.45) is 26.3. The molecule has 0 saturated carbocycles. The van der Waals surface area contributed by atoms with Gasteiger partial charge >= 0.3 is 0 Å². The van der Waals surface area contributed by atoms with Gasteiger partial charge in [0, 0.05) is 0 Å².